The van der Waals surface area contributed by atoms with Gasteiger partial charge in [0.1, 0.15) is 5.82 Å². The van der Waals surface area contributed by atoms with Crippen LogP contribution in [-0.2, 0) is 19.6 Å². The van der Waals surface area contributed by atoms with E-state index in [0.717, 1.165) is 36.6 Å². The molecule has 94 valence electrons. The smallest absolute Gasteiger partial charge is 0.129 e. The van der Waals surface area contributed by atoms with Crippen LogP contribution >= 0.6 is 11.3 Å². The first-order valence-electron chi connectivity index (χ1n) is 6.15. The van der Waals surface area contributed by atoms with E-state index in [9.17, 15) is 0 Å². The van der Waals surface area contributed by atoms with Crippen LogP contribution in [0, 0.1) is 6.92 Å². The standard InChI is InChI=1S/C14H16N2OS/c1-10-12(9-17)2-3-14(15-10)16-6-4-13-11(8-16)5-7-18-13/h2-3,5,7,17H,4,6,8-9H2,1H3. The Balaban J connectivity index is 1.86. The van der Waals surface area contributed by atoms with E-state index in [2.05, 4.69) is 21.3 Å². The molecule has 0 radical (unpaired) electrons. The van der Waals surface area contributed by atoms with Crippen molar-refractivity contribution in [2.45, 2.75) is 26.5 Å². The number of nitrogens with zero attached hydrogens (tertiary/aromatic N) is 2. The van der Waals surface area contributed by atoms with Gasteiger partial charge in [0.15, 0.2) is 0 Å². The summed E-state index contributed by atoms with van der Waals surface area (Å²) in [5, 5.41) is 11.3. The predicted octanol–water partition coefficient (Wildman–Crippen LogP) is 2.51. The van der Waals surface area contributed by atoms with Crippen molar-refractivity contribution < 1.29 is 5.11 Å². The Labute approximate surface area is 111 Å². The fourth-order valence-corrected chi connectivity index (χ4v) is 3.25. The van der Waals surface area contributed by atoms with Gasteiger partial charge in [-0.1, -0.05) is 6.07 Å². The number of rotatable bonds is 2. The number of aliphatic hydroxyl groups is 1. The maximum absolute atomic E-state index is 9.17. The van der Waals surface area contributed by atoms with Crippen LogP contribution in [0.1, 0.15) is 21.7 Å². The molecule has 0 amide bonds. The molecule has 2 aromatic rings. The van der Waals surface area contributed by atoms with Crippen LogP contribution in [0.25, 0.3) is 0 Å². The Hall–Kier alpha value is -1.39. The highest BCUT2D eigenvalue weighted by atomic mass is 32.1. The molecule has 18 heavy (non-hydrogen) atoms. The Morgan fingerprint density at radius 3 is 3.06 bits per heavy atom. The number of hydrogen-bond acceptors (Lipinski definition) is 4. The maximum atomic E-state index is 9.17. The molecule has 1 aliphatic heterocycles. The summed E-state index contributed by atoms with van der Waals surface area (Å²) in [7, 11) is 0. The molecule has 1 aliphatic rings. The normalized spacial score (nSPS) is 14.7. The molecule has 0 aromatic carbocycles. The summed E-state index contributed by atoms with van der Waals surface area (Å²) in [5.74, 6) is 1.02. The second kappa shape index (κ2) is 4.71. The Morgan fingerprint density at radius 2 is 2.28 bits per heavy atom. The van der Waals surface area contributed by atoms with Gasteiger partial charge in [0, 0.05) is 23.7 Å². The summed E-state index contributed by atoms with van der Waals surface area (Å²) in [6.45, 7) is 3.99. The second-order valence-electron chi connectivity index (χ2n) is 4.61. The third-order valence-electron chi connectivity index (χ3n) is 3.48. The molecular weight excluding hydrogens is 244 g/mol. The predicted molar refractivity (Wildman–Crippen MR) is 74.0 cm³/mol. The number of fused-ring (bicyclic) bond motifs is 1. The molecule has 4 heteroatoms. The van der Waals surface area contributed by atoms with Crippen molar-refractivity contribution in [2.75, 3.05) is 11.4 Å². The van der Waals surface area contributed by atoms with Crippen molar-refractivity contribution >= 4 is 17.2 Å². The molecule has 3 rings (SSSR count). The molecule has 0 atom stereocenters. The number of thiophene rings is 1. The molecule has 0 saturated carbocycles. The van der Waals surface area contributed by atoms with Crippen molar-refractivity contribution in [3.05, 3.63) is 45.3 Å². The average molecular weight is 260 g/mol. The van der Waals surface area contributed by atoms with Crippen molar-refractivity contribution in [3.8, 4) is 0 Å². The minimum atomic E-state index is 0.0633. The number of anilines is 1. The Morgan fingerprint density at radius 1 is 1.39 bits per heavy atom. The second-order valence-corrected chi connectivity index (χ2v) is 5.61. The molecule has 0 fully saturated rings. The van der Waals surface area contributed by atoms with Crippen LogP contribution in [0.2, 0.25) is 0 Å². The molecular formula is C14H16N2OS. The van der Waals surface area contributed by atoms with Crippen LogP contribution in [0.5, 0.6) is 0 Å². The van der Waals surface area contributed by atoms with Crippen molar-refractivity contribution in [2.24, 2.45) is 0 Å². The van der Waals surface area contributed by atoms with E-state index in [1.54, 1.807) is 0 Å². The van der Waals surface area contributed by atoms with E-state index < -0.39 is 0 Å². The van der Waals surface area contributed by atoms with Gasteiger partial charge in [-0.25, -0.2) is 4.98 Å². The van der Waals surface area contributed by atoms with Gasteiger partial charge < -0.3 is 10.0 Å². The zero-order valence-electron chi connectivity index (χ0n) is 10.4. The minimum absolute atomic E-state index is 0.0633. The number of aliphatic hydroxyl groups excluding tert-OH is 1. The average Bonchev–Trinajstić information content (AvgIpc) is 2.85. The Bertz CT molecular complexity index is 565. The molecule has 3 nitrogen and oxygen atoms in total. The first kappa shape index (κ1) is 11.7. The van der Waals surface area contributed by atoms with E-state index in [1.165, 1.54) is 10.4 Å². The number of pyridine rings is 1. The van der Waals surface area contributed by atoms with E-state index in [4.69, 9.17) is 5.11 Å². The summed E-state index contributed by atoms with van der Waals surface area (Å²) >= 11 is 1.85. The molecule has 0 bridgehead atoms. The van der Waals surface area contributed by atoms with E-state index in [0.29, 0.717) is 0 Å². The minimum Gasteiger partial charge on any atom is -0.392 e. The first-order chi connectivity index (χ1) is 8.78. The maximum Gasteiger partial charge on any atom is 0.129 e. The first-order valence-corrected chi connectivity index (χ1v) is 7.03. The highest BCUT2D eigenvalue weighted by Gasteiger charge is 2.18. The topological polar surface area (TPSA) is 36.4 Å². The zero-order chi connectivity index (χ0) is 12.5. The molecule has 2 aromatic heterocycles. The lowest BCUT2D eigenvalue weighted by molar-refractivity contribution is 0.280. The van der Waals surface area contributed by atoms with Crippen molar-refractivity contribution in [3.63, 3.8) is 0 Å². The molecule has 0 unspecified atom stereocenters. The monoisotopic (exact) mass is 260 g/mol. The fourth-order valence-electron chi connectivity index (χ4n) is 2.36. The lowest BCUT2D eigenvalue weighted by Gasteiger charge is -2.28. The third kappa shape index (κ3) is 2.02. The fraction of sp³-hybridized carbons (Fsp3) is 0.357. The highest BCUT2D eigenvalue weighted by Crippen LogP contribution is 2.27. The summed E-state index contributed by atoms with van der Waals surface area (Å²) in [6, 6.07) is 6.19. The highest BCUT2D eigenvalue weighted by molar-refractivity contribution is 7.10. The number of aromatic nitrogens is 1. The summed E-state index contributed by atoms with van der Waals surface area (Å²) in [5.41, 5.74) is 3.26. The van der Waals surface area contributed by atoms with Gasteiger partial charge in [-0.2, -0.15) is 0 Å². The van der Waals surface area contributed by atoms with Crippen LogP contribution < -0.4 is 4.90 Å². The molecule has 3 heterocycles. The van der Waals surface area contributed by atoms with Gasteiger partial charge in [0.25, 0.3) is 0 Å². The molecule has 0 aliphatic carbocycles. The molecule has 0 spiro atoms. The number of aryl methyl sites for hydroxylation is 1. The van der Waals surface area contributed by atoms with Gasteiger partial charge >= 0.3 is 0 Å². The van der Waals surface area contributed by atoms with Crippen LogP contribution in [0.3, 0.4) is 0 Å². The van der Waals surface area contributed by atoms with Crippen molar-refractivity contribution in [1.82, 2.24) is 4.98 Å². The van der Waals surface area contributed by atoms with Gasteiger partial charge in [0.05, 0.1) is 6.61 Å². The lowest BCUT2D eigenvalue weighted by atomic mass is 10.1. The van der Waals surface area contributed by atoms with E-state index in [-0.39, 0.29) is 6.61 Å². The number of hydrogen-bond donors (Lipinski definition) is 1. The van der Waals surface area contributed by atoms with Crippen LogP contribution in [0.15, 0.2) is 23.6 Å². The summed E-state index contributed by atoms with van der Waals surface area (Å²) in [6.07, 6.45) is 1.11. The Kier molecular flexibility index (Phi) is 3.06. The summed E-state index contributed by atoms with van der Waals surface area (Å²) in [4.78, 5) is 8.41. The lowest BCUT2D eigenvalue weighted by Crippen LogP contribution is -2.30. The third-order valence-corrected chi connectivity index (χ3v) is 4.51. The molecule has 1 N–H and O–H groups in total. The van der Waals surface area contributed by atoms with Gasteiger partial charge in [-0.3, -0.25) is 0 Å². The quantitative estimate of drug-likeness (QED) is 0.901. The van der Waals surface area contributed by atoms with Gasteiger partial charge in [0.2, 0.25) is 0 Å². The van der Waals surface area contributed by atoms with Crippen LogP contribution in [-0.4, -0.2) is 16.6 Å². The van der Waals surface area contributed by atoms with E-state index >= 15 is 0 Å². The largest absolute Gasteiger partial charge is 0.392 e. The van der Waals surface area contributed by atoms with E-state index in [1.807, 2.05) is 30.4 Å². The van der Waals surface area contributed by atoms with Crippen LogP contribution in [0.4, 0.5) is 5.82 Å². The zero-order valence-corrected chi connectivity index (χ0v) is 11.2. The molecule has 0 saturated heterocycles. The van der Waals surface area contributed by atoms with Gasteiger partial charge in [-0.05, 0) is 42.0 Å². The SMILES string of the molecule is Cc1nc(N2CCc3sccc3C2)ccc1CO. The van der Waals surface area contributed by atoms with Gasteiger partial charge in [-0.15, -0.1) is 11.3 Å². The summed E-state index contributed by atoms with van der Waals surface area (Å²) < 4.78 is 0. The van der Waals surface area contributed by atoms with Crippen molar-refractivity contribution in [1.29, 1.82) is 0 Å².